The molecule has 2 fully saturated rings. The number of fused-ring (bicyclic) bond motifs is 1. The molecule has 1 atom stereocenters. The number of carbonyl (C=O) groups is 1. The number of urea groups is 1. The fourth-order valence-corrected chi connectivity index (χ4v) is 2.60. The second-order valence-corrected chi connectivity index (χ2v) is 4.73. The summed E-state index contributed by atoms with van der Waals surface area (Å²) in [5.41, 5.74) is 6.60. The van der Waals surface area contributed by atoms with Crippen molar-refractivity contribution >= 4 is 17.5 Å². The van der Waals surface area contributed by atoms with Gasteiger partial charge in [0.05, 0.1) is 23.5 Å². The van der Waals surface area contributed by atoms with E-state index in [0.29, 0.717) is 43.2 Å². The van der Waals surface area contributed by atoms with Crippen molar-refractivity contribution in [2.24, 2.45) is 0 Å². The number of nitrogen functional groups attached to an aromatic ring is 1. The van der Waals surface area contributed by atoms with E-state index in [1.807, 2.05) is 9.80 Å². The molecule has 98 valence electrons. The number of aromatic nitrogens is 1. The van der Waals surface area contributed by atoms with E-state index in [9.17, 15) is 4.79 Å². The van der Waals surface area contributed by atoms with Gasteiger partial charge in [0.2, 0.25) is 0 Å². The molecule has 0 radical (unpaired) electrons. The first-order valence-electron chi connectivity index (χ1n) is 6.14. The second kappa shape index (κ2) is 4.31. The highest BCUT2D eigenvalue weighted by atomic mass is 16.2. The summed E-state index contributed by atoms with van der Waals surface area (Å²) in [5.74, 6) is 0.649. The number of nitrogens with zero attached hydrogens (tertiary/aromatic N) is 4. The minimum atomic E-state index is -0.00424. The molecule has 2 saturated heterocycles. The van der Waals surface area contributed by atoms with Crippen molar-refractivity contribution in [3.05, 3.63) is 17.8 Å². The Morgan fingerprint density at radius 2 is 2.37 bits per heavy atom. The maximum Gasteiger partial charge on any atom is 0.317 e. The van der Waals surface area contributed by atoms with Crippen molar-refractivity contribution in [3.63, 3.8) is 0 Å². The van der Waals surface area contributed by atoms with Gasteiger partial charge in [-0.2, -0.15) is 5.26 Å². The quantitative estimate of drug-likeness (QED) is 0.723. The van der Waals surface area contributed by atoms with Gasteiger partial charge in [-0.25, -0.2) is 9.78 Å². The average molecular weight is 258 g/mol. The molecule has 0 saturated carbocycles. The van der Waals surface area contributed by atoms with Crippen molar-refractivity contribution in [2.75, 3.05) is 36.8 Å². The zero-order valence-corrected chi connectivity index (χ0v) is 10.3. The lowest BCUT2D eigenvalue weighted by molar-refractivity contribution is 0.197. The van der Waals surface area contributed by atoms with Crippen molar-refractivity contribution in [1.82, 2.24) is 15.2 Å². The Bertz CT molecular complexity index is 566. The number of nitriles is 1. The molecular weight excluding hydrogens is 244 g/mol. The minimum absolute atomic E-state index is 0.00424. The number of piperazine rings is 1. The molecule has 19 heavy (non-hydrogen) atoms. The molecule has 1 aromatic rings. The number of hydrogen-bond acceptors (Lipinski definition) is 5. The van der Waals surface area contributed by atoms with Crippen LogP contribution in [0.25, 0.3) is 0 Å². The molecule has 2 aliphatic rings. The summed E-state index contributed by atoms with van der Waals surface area (Å²) in [5, 5.41) is 12.0. The maximum atomic E-state index is 11.5. The van der Waals surface area contributed by atoms with Gasteiger partial charge in [-0.05, 0) is 6.07 Å². The third kappa shape index (κ3) is 1.91. The van der Waals surface area contributed by atoms with Gasteiger partial charge in [-0.15, -0.1) is 0 Å². The van der Waals surface area contributed by atoms with E-state index in [-0.39, 0.29) is 12.1 Å². The summed E-state index contributed by atoms with van der Waals surface area (Å²) in [4.78, 5) is 19.7. The van der Waals surface area contributed by atoms with Crippen LogP contribution in [0.15, 0.2) is 12.3 Å². The van der Waals surface area contributed by atoms with Crippen LogP contribution in [-0.4, -0.2) is 48.1 Å². The number of nitrogens with one attached hydrogen (secondary N) is 1. The molecule has 0 aliphatic carbocycles. The highest BCUT2D eigenvalue weighted by molar-refractivity contribution is 5.77. The Morgan fingerprint density at radius 3 is 3.16 bits per heavy atom. The number of pyridine rings is 1. The molecule has 2 aliphatic heterocycles. The highest BCUT2D eigenvalue weighted by Crippen LogP contribution is 2.23. The Morgan fingerprint density at radius 1 is 1.53 bits per heavy atom. The number of anilines is 2. The van der Waals surface area contributed by atoms with Gasteiger partial charge >= 0.3 is 6.03 Å². The zero-order chi connectivity index (χ0) is 13.4. The molecule has 3 N–H and O–H groups in total. The molecule has 2 amide bonds. The molecule has 0 spiro atoms. The van der Waals surface area contributed by atoms with Crippen LogP contribution in [0.3, 0.4) is 0 Å². The molecule has 3 heterocycles. The Kier molecular flexibility index (Phi) is 2.63. The van der Waals surface area contributed by atoms with E-state index in [4.69, 9.17) is 11.0 Å². The minimum Gasteiger partial charge on any atom is -0.397 e. The standard InChI is InChI=1S/C12H14N6O/c13-4-8-3-9(14)5-15-11(8)17-1-2-18-10(7-17)6-16-12(18)19/h3,5,10H,1-2,6-7,14H2,(H,16,19). The largest absolute Gasteiger partial charge is 0.397 e. The molecule has 0 aromatic carbocycles. The number of amides is 2. The Labute approximate surface area is 110 Å². The molecule has 1 aromatic heterocycles. The van der Waals surface area contributed by atoms with Crippen LogP contribution in [0.5, 0.6) is 0 Å². The first-order valence-corrected chi connectivity index (χ1v) is 6.14. The van der Waals surface area contributed by atoms with E-state index in [2.05, 4.69) is 16.4 Å². The number of carbonyl (C=O) groups excluding carboxylic acids is 1. The fraction of sp³-hybridized carbons (Fsp3) is 0.417. The summed E-state index contributed by atoms with van der Waals surface area (Å²) < 4.78 is 0. The Hall–Kier alpha value is -2.49. The third-order valence-electron chi connectivity index (χ3n) is 3.54. The van der Waals surface area contributed by atoms with Crippen molar-refractivity contribution < 1.29 is 4.79 Å². The SMILES string of the molecule is N#Cc1cc(N)cnc1N1CCN2C(=O)NCC2C1. The van der Waals surface area contributed by atoms with Crippen LogP contribution in [0.2, 0.25) is 0 Å². The molecule has 7 heteroatoms. The maximum absolute atomic E-state index is 11.5. The average Bonchev–Trinajstić information content (AvgIpc) is 2.79. The van der Waals surface area contributed by atoms with Gasteiger partial charge in [0, 0.05) is 26.2 Å². The lowest BCUT2D eigenvalue weighted by Crippen LogP contribution is -2.52. The van der Waals surface area contributed by atoms with Crippen LogP contribution in [0.1, 0.15) is 5.56 Å². The number of nitrogens with two attached hydrogens (primary N) is 1. The van der Waals surface area contributed by atoms with Crippen LogP contribution >= 0.6 is 0 Å². The van der Waals surface area contributed by atoms with Gasteiger partial charge in [0.15, 0.2) is 0 Å². The fourth-order valence-electron chi connectivity index (χ4n) is 2.60. The normalized spacial score (nSPS) is 21.8. The van der Waals surface area contributed by atoms with Gasteiger partial charge in [0.1, 0.15) is 11.9 Å². The van der Waals surface area contributed by atoms with E-state index < -0.39 is 0 Å². The monoisotopic (exact) mass is 258 g/mol. The predicted octanol–water partition coefficient (Wildman–Crippen LogP) is -0.251. The predicted molar refractivity (Wildman–Crippen MR) is 69.5 cm³/mol. The first-order chi connectivity index (χ1) is 9.19. The van der Waals surface area contributed by atoms with Gasteiger partial charge < -0.3 is 20.9 Å². The molecule has 7 nitrogen and oxygen atoms in total. The van der Waals surface area contributed by atoms with E-state index in [0.717, 1.165) is 0 Å². The third-order valence-corrected chi connectivity index (χ3v) is 3.54. The summed E-state index contributed by atoms with van der Waals surface area (Å²) in [7, 11) is 0. The topological polar surface area (TPSA) is 98.3 Å². The Balaban J connectivity index is 1.85. The van der Waals surface area contributed by atoms with Crippen molar-refractivity contribution in [3.8, 4) is 6.07 Å². The molecule has 3 rings (SSSR count). The number of hydrogen-bond donors (Lipinski definition) is 2. The van der Waals surface area contributed by atoms with E-state index in [1.54, 1.807) is 12.3 Å². The summed E-state index contributed by atoms with van der Waals surface area (Å²) >= 11 is 0. The highest BCUT2D eigenvalue weighted by Gasteiger charge is 2.36. The van der Waals surface area contributed by atoms with E-state index >= 15 is 0 Å². The van der Waals surface area contributed by atoms with Crippen LogP contribution in [0, 0.1) is 11.3 Å². The summed E-state index contributed by atoms with van der Waals surface area (Å²) in [6, 6.07) is 3.89. The molecule has 1 unspecified atom stereocenters. The van der Waals surface area contributed by atoms with Crippen LogP contribution in [-0.2, 0) is 0 Å². The van der Waals surface area contributed by atoms with Crippen LogP contribution in [0.4, 0.5) is 16.3 Å². The van der Waals surface area contributed by atoms with Crippen molar-refractivity contribution in [1.29, 1.82) is 5.26 Å². The lowest BCUT2D eigenvalue weighted by Gasteiger charge is -2.37. The van der Waals surface area contributed by atoms with Gasteiger partial charge in [0.25, 0.3) is 0 Å². The summed E-state index contributed by atoms with van der Waals surface area (Å²) in [6.07, 6.45) is 1.56. The van der Waals surface area contributed by atoms with Gasteiger partial charge in [-0.3, -0.25) is 0 Å². The molecular formula is C12H14N6O. The van der Waals surface area contributed by atoms with Crippen molar-refractivity contribution in [2.45, 2.75) is 6.04 Å². The summed E-state index contributed by atoms with van der Waals surface area (Å²) in [6.45, 7) is 2.65. The van der Waals surface area contributed by atoms with E-state index in [1.165, 1.54) is 0 Å². The smallest absolute Gasteiger partial charge is 0.317 e. The zero-order valence-electron chi connectivity index (χ0n) is 10.3. The lowest BCUT2D eigenvalue weighted by atomic mass is 10.1. The van der Waals surface area contributed by atoms with Gasteiger partial charge in [-0.1, -0.05) is 0 Å². The molecule has 0 bridgehead atoms. The number of rotatable bonds is 1. The van der Waals surface area contributed by atoms with Crippen LogP contribution < -0.4 is 16.0 Å². The second-order valence-electron chi connectivity index (χ2n) is 4.73. The first kappa shape index (κ1) is 11.6.